The summed E-state index contributed by atoms with van der Waals surface area (Å²) in [4.78, 5) is 31.3. The summed E-state index contributed by atoms with van der Waals surface area (Å²) >= 11 is 0. The first-order valence-corrected chi connectivity index (χ1v) is 20.3. The summed E-state index contributed by atoms with van der Waals surface area (Å²) < 4.78 is 3.60. The average molecular weight is 805 g/mol. The van der Waals surface area contributed by atoms with Gasteiger partial charge in [-0.3, -0.25) is 0 Å². The van der Waals surface area contributed by atoms with Crippen molar-refractivity contribution in [3.63, 3.8) is 0 Å². The summed E-state index contributed by atoms with van der Waals surface area (Å²) in [6.07, 6.45) is 0. The van der Waals surface area contributed by atoms with E-state index in [2.05, 4.69) is 153 Å². The zero-order chi connectivity index (χ0) is 41.4. The molecule has 8 N–H and O–H groups in total. The molecule has 2 aromatic rings. The maximum Gasteiger partial charge on any atom is 0.334 e. The molecule has 0 fully saturated rings. The van der Waals surface area contributed by atoms with Crippen molar-refractivity contribution in [3.8, 4) is 0 Å². The highest BCUT2D eigenvalue weighted by molar-refractivity contribution is 7.53. The van der Waals surface area contributed by atoms with Crippen LogP contribution in [0.2, 0.25) is 0 Å². The van der Waals surface area contributed by atoms with Crippen molar-refractivity contribution in [2.75, 3.05) is 19.8 Å². The van der Waals surface area contributed by atoms with Gasteiger partial charge in [-0.25, -0.2) is 4.31 Å². The maximum atomic E-state index is 14.1. The molecule has 0 aliphatic carbocycles. The minimum atomic E-state index is -2.61. The van der Waals surface area contributed by atoms with Crippen LogP contribution in [-0.2, 0) is 42.4 Å². The molecule has 0 heterocycles. The van der Waals surface area contributed by atoms with Gasteiger partial charge < -0.3 is 40.0 Å². The molecule has 0 amide bonds. The topological polar surface area (TPSA) is 171 Å². The smallest absolute Gasteiger partial charge is 0.334 e. The number of hydrogen-bond donors (Lipinski definition) is 8. The van der Waals surface area contributed by atoms with Crippen molar-refractivity contribution >= 4 is 27.1 Å². The normalized spacial score (nSPS) is 14.0. The fourth-order valence-corrected chi connectivity index (χ4v) is 7.03. The lowest BCUT2D eigenvalue weighted by Crippen LogP contribution is -2.57. The van der Waals surface area contributed by atoms with Crippen LogP contribution < -0.4 is 0 Å². The van der Waals surface area contributed by atoms with E-state index in [9.17, 15) is 20.4 Å². The zero-order valence-corrected chi connectivity index (χ0v) is 39.2. The number of rotatable bonds is 8. The van der Waals surface area contributed by atoms with E-state index in [-0.39, 0.29) is 20.7 Å². The Morgan fingerprint density at radius 1 is 0.434 bits per heavy atom. The molecule has 308 valence electrons. The molecule has 0 aliphatic heterocycles. The number of aliphatic hydroxyl groups excluding tert-OH is 3. The fourth-order valence-electron chi connectivity index (χ4n) is 6.51. The maximum absolute atomic E-state index is 14.1. The predicted molar refractivity (Wildman–Crippen MR) is 227 cm³/mol. The molecule has 0 spiro atoms. The van der Waals surface area contributed by atoms with Gasteiger partial charge in [0.15, 0.2) is 0 Å². The third kappa shape index (κ3) is 12.2. The molecule has 0 saturated heterocycles. The van der Waals surface area contributed by atoms with Gasteiger partial charge in [-0.2, -0.15) is 9.90 Å². The monoisotopic (exact) mass is 804 g/mol. The number of hydrogen-bond acceptors (Lipinski definition) is 9. The third-order valence-electron chi connectivity index (χ3n) is 9.79. The Bertz CT molecular complexity index is 1310. The van der Waals surface area contributed by atoms with Gasteiger partial charge in [-0.15, -0.1) is 0 Å². The van der Waals surface area contributed by atoms with Gasteiger partial charge in [0.25, 0.3) is 0 Å². The molecular weight excluding hydrogens is 729 g/mol. The van der Waals surface area contributed by atoms with Gasteiger partial charge in [0.05, 0.1) is 25.2 Å². The van der Waals surface area contributed by atoms with Crippen LogP contribution in [0.25, 0.3) is 0 Å². The molecule has 12 heteroatoms. The van der Waals surface area contributed by atoms with E-state index in [4.69, 9.17) is 19.6 Å². The van der Waals surface area contributed by atoms with E-state index in [1.54, 1.807) is 0 Å². The van der Waals surface area contributed by atoms with Crippen LogP contribution in [-0.4, -0.2) is 59.8 Å². The van der Waals surface area contributed by atoms with Crippen LogP contribution in [0.15, 0.2) is 24.3 Å². The second-order valence-electron chi connectivity index (χ2n) is 20.4. The van der Waals surface area contributed by atoms with Crippen LogP contribution in [0.5, 0.6) is 0 Å². The molecule has 0 bridgehead atoms. The zero-order valence-electron chi connectivity index (χ0n) is 36.0. The highest BCUT2D eigenvalue weighted by Gasteiger charge is 2.58. The van der Waals surface area contributed by atoms with Crippen molar-refractivity contribution in [3.05, 3.63) is 68.8 Å². The van der Waals surface area contributed by atoms with Crippen molar-refractivity contribution < 1.29 is 44.3 Å². The van der Waals surface area contributed by atoms with Gasteiger partial charge in [0, 0.05) is 0 Å². The summed E-state index contributed by atoms with van der Waals surface area (Å²) in [7, 11) is -5.22. The summed E-state index contributed by atoms with van der Waals surface area (Å²) in [6.45, 7) is 37.2. The van der Waals surface area contributed by atoms with Crippen molar-refractivity contribution in [1.82, 2.24) is 0 Å². The quantitative estimate of drug-likeness (QED) is 0.123. The Morgan fingerprint density at radius 3 is 0.755 bits per heavy atom. The molecule has 1 unspecified atom stereocenters. The van der Waals surface area contributed by atoms with Crippen LogP contribution >= 0.6 is 27.1 Å². The Hall–Kier alpha value is -0.630. The van der Waals surface area contributed by atoms with Gasteiger partial charge in [0.1, 0.15) is 5.60 Å². The minimum Gasteiger partial charge on any atom is -0.395 e. The highest BCUT2D eigenvalue weighted by Crippen LogP contribution is 2.56. The first kappa shape index (κ1) is 52.4. The van der Waals surface area contributed by atoms with E-state index in [0.717, 1.165) is 33.4 Å². The largest absolute Gasteiger partial charge is 0.395 e. The van der Waals surface area contributed by atoms with E-state index < -0.39 is 69.7 Å². The molecule has 0 aromatic heterocycles. The molecule has 0 radical (unpaired) electrons. The van der Waals surface area contributed by atoms with E-state index >= 15 is 0 Å². The molecule has 53 heavy (non-hydrogen) atoms. The van der Waals surface area contributed by atoms with Crippen LogP contribution in [0, 0.1) is 5.41 Å². The molecular formula is C41H75O9P3. The number of aliphatic hydroxyl groups is 4. The SMILES string of the molecule is CC(C)(C)c1cc(C(C)(C)C)c(C(O)(c2c(C(C)(C)C)cc(C(C)(C)C)cc2C(C)(C)C)C(CO)(CO)CO)c(C(C)(C)C)c1.OP(O)OP(O)O.P. The number of benzene rings is 2. The van der Waals surface area contributed by atoms with Gasteiger partial charge in [-0.05, 0) is 77.0 Å². The van der Waals surface area contributed by atoms with Gasteiger partial charge in [-0.1, -0.05) is 149 Å². The summed E-state index contributed by atoms with van der Waals surface area (Å²) in [5.74, 6) is 0. The second-order valence-corrected chi connectivity index (χ2v) is 22.1. The average Bonchev–Trinajstić information content (AvgIpc) is 2.93. The molecule has 2 aromatic carbocycles. The second kappa shape index (κ2) is 17.9. The van der Waals surface area contributed by atoms with Crippen LogP contribution in [0.1, 0.15) is 169 Å². The summed E-state index contributed by atoms with van der Waals surface area (Å²) in [5.41, 5.74) is 1.72. The van der Waals surface area contributed by atoms with Crippen LogP contribution in [0.3, 0.4) is 0 Å². The van der Waals surface area contributed by atoms with Gasteiger partial charge in [0.2, 0.25) is 0 Å². The minimum absolute atomic E-state index is 0. The lowest BCUT2D eigenvalue weighted by molar-refractivity contribution is -0.138. The molecule has 2 rings (SSSR count). The van der Waals surface area contributed by atoms with E-state index in [1.165, 1.54) is 0 Å². The molecule has 0 aliphatic rings. The molecule has 0 saturated carbocycles. The fraction of sp³-hybridized carbons (Fsp3) is 0.707. The Kier molecular flexibility index (Phi) is 17.7. The van der Waals surface area contributed by atoms with Crippen molar-refractivity contribution in [2.45, 2.75) is 163 Å². The summed E-state index contributed by atoms with van der Waals surface area (Å²) in [5, 5.41) is 48.0. The first-order chi connectivity index (χ1) is 23.0. The van der Waals surface area contributed by atoms with E-state index in [1.807, 2.05) is 0 Å². The Morgan fingerprint density at radius 2 is 0.642 bits per heavy atom. The Balaban J connectivity index is 0.00000306. The van der Waals surface area contributed by atoms with E-state index in [0.29, 0.717) is 11.1 Å². The Labute approximate surface area is 327 Å². The predicted octanol–water partition coefficient (Wildman–Crippen LogP) is 8.15. The van der Waals surface area contributed by atoms with Gasteiger partial charge >= 0.3 is 17.2 Å². The third-order valence-corrected chi connectivity index (χ3v) is 11.0. The lowest BCUT2D eigenvalue weighted by atomic mass is 9.55. The molecule has 1 atom stereocenters. The van der Waals surface area contributed by atoms with Crippen LogP contribution in [0.4, 0.5) is 0 Å². The van der Waals surface area contributed by atoms with Crippen molar-refractivity contribution in [2.24, 2.45) is 5.41 Å². The summed E-state index contributed by atoms with van der Waals surface area (Å²) in [6, 6.07) is 8.85. The lowest BCUT2D eigenvalue weighted by Gasteiger charge is -2.52. The first-order valence-electron chi connectivity index (χ1n) is 18.0. The standard InChI is InChI=1S/C41H68O4.H4O5P2.H3P/c1-34(2,3)26-19-28(36(7,8)9)32(29(20-26)37(10,11)12)41(45,40(23-42,24-43)25-44)33-30(38(13,14)15)21-27(35(4,5)6)22-31(33)39(16,17)18;1-6(2)5-7(3)4;/h19-22,42-45H,23-25H2,1-18H3;1-4H;1H3. The molecule has 9 nitrogen and oxygen atoms in total. The highest BCUT2D eigenvalue weighted by atomic mass is 31.2. The van der Waals surface area contributed by atoms with Crippen molar-refractivity contribution in [1.29, 1.82) is 0 Å².